The first kappa shape index (κ1) is 15.8. The number of nitrogens with zero attached hydrogens (tertiary/aromatic N) is 1. The Morgan fingerprint density at radius 2 is 1.74 bits per heavy atom. The molecular formula is C20H25N2O+. The highest BCUT2D eigenvalue weighted by molar-refractivity contribution is 5.98. The van der Waals surface area contributed by atoms with E-state index < -0.39 is 0 Å². The maximum absolute atomic E-state index is 12.8. The molecule has 1 heterocycles. The molecule has 0 spiro atoms. The van der Waals surface area contributed by atoms with E-state index in [1.54, 1.807) is 0 Å². The molecule has 0 radical (unpaired) electrons. The van der Waals surface area contributed by atoms with Crippen LogP contribution in [0.3, 0.4) is 0 Å². The molecule has 1 atom stereocenters. The average Bonchev–Trinajstić information content (AvgIpc) is 2.82. The first-order chi connectivity index (χ1) is 11.2. The van der Waals surface area contributed by atoms with Gasteiger partial charge in [-0.2, -0.15) is 0 Å². The molecule has 1 aliphatic heterocycles. The zero-order chi connectivity index (χ0) is 16.2. The van der Waals surface area contributed by atoms with E-state index in [9.17, 15) is 4.79 Å². The van der Waals surface area contributed by atoms with Crippen molar-refractivity contribution < 1.29 is 10.1 Å². The predicted octanol–water partition coefficient (Wildman–Crippen LogP) is 2.95. The van der Waals surface area contributed by atoms with Crippen LogP contribution in [0.15, 0.2) is 54.6 Å². The number of hydrogen-bond donors (Lipinski definition) is 1. The minimum Gasteiger partial charge on any atom is -0.323 e. The lowest BCUT2D eigenvalue weighted by atomic mass is 10.1. The Balaban J connectivity index is 1.82. The fraction of sp³-hybridized carbons (Fsp3) is 0.350. The van der Waals surface area contributed by atoms with Crippen molar-refractivity contribution in [3.05, 3.63) is 71.3 Å². The molecule has 3 nitrogen and oxygen atoms in total. The average molecular weight is 309 g/mol. The van der Waals surface area contributed by atoms with Crippen molar-refractivity contribution in [3.63, 3.8) is 0 Å². The van der Waals surface area contributed by atoms with Crippen LogP contribution in [0.5, 0.6) is 0 Å². The number of hydrogen-bond acceptors (Lipinski definition) is 1. The third kappa shape index (κ3) is 3.45. The molecule has 2 N–H and O–H groups in total. The Bertz CT molecular complexity index is 666. The van der Waals surface area contributed by atoms with Gasteiger partial charge in [0.25, 0.3) is 5.91 Å². The van der Waals surface area contributed by atoms with Crippen LogP contribution in [0.25, 0.3) is 0 Å². The number of carbonyl (C=O) groups is 1. The monoisotopic (exact) mass is 309 g/mol. The second-order valence-corrected chi connectivity index (χ2v) is 6.66. The van der Waals surface area contributed by atoms with E-state index in [1.807, 2.05) is 41.3 Å². The van der Waals surface area contributed by atoms with E-state index in [2.05, 4.69) is 37.4 Å². The third-order valence-corrected chi connectivity index (χ3v) is 4.44. The van der Waals surface area contributed by atoms with Crippen LogP contribution in [0.2, 0.25) is 0 Å². The summed E-state index contributed by atoms with van der Waals surface area (Å²) in [7, 11) is 0. The van der Waals surface area contributed by atoms with Gasteiger partial charge in [-0.25, -0.2) is 0 Å². The molecule has 0 saturated carbocycles. The fourth-order valence-corrected chi connectivity index (χ4v) is 3.19. The van der Waals surface area contributed by atoms with Gasteiger partial charge in [0, 0.05) is 5.56 Å². The summed E-state index contributed by atoms with van der Waals surface area (Å²) < 4.78 is 0. The van der Waals surface area contributed by atoms with Gasteiger partial charge in [0.15, 0.2) is 6.17 Å². The Morgan fingerprint density at radius 1 is 1.04 bits per heavy atom. The molecule has 120 valence electrons. The topological polar surface area (TPSA) is 36.9 Å². The lowest BCUT2D eigenvalue weighted by Crippen LogP contribution is -2.87. The second-order valence-electron chi connectivity index (χ2n) is 6.66. The first-order valence-corrected chi connectivity index (χ1v) is 8.44. The number of rotatable bonds is 6. The molecule has 0 bridgehead atoms. The van der Waals surface area contributed by atoms with Crippen molar-refractivity contribution >= 4 is 5.91 Å². The van der Waals surface area contributed by atoms with Gasteiger partial charge in [0.2, 0.25) is 0 Å². The summed E-state index contributed by atoms with van der Waals surface area (Å²) in [5, 5.41) is 2.31. The summed E-state index contributed by atoms with van der Waals surface area (Å²) in [4.78, 5) is 14.8. The van der Waals surface area contributed by atoms with Crippen LogP contribution in [0.4, 0.5) is 0 Å². The van der Waals surface area contributed by atoms with E-state index >= 15 is 0 Å². The Morgan fingerprint density at radius 3 is 2.48 bits per heavy atom. The van der Waals surface area contributed by atoms with Gasteiger partial charge in [0.05, 0.1) is 18.7 Å². The molecule has 23 heavy (non-hydrogen) atoms. The van der Waals surface area contributed by atoms with Crippen LogP contribution < -0.4 is 5.32 Å². The molecule has 0 aliphatic carbocycles. The quantitative estimate of drug-likeness (QED) is 0.875. The van der Waals surface area contributed by atoms with Gasteiger partial charge in [-0.1, -0.05) is 62.4 Å². The summed E-state index contributed by atoms with van der Waals surface area (Å²) >= 11 is 0. The smallest absolute Gasteiger partial charge is 0.259 e. The van der Waals surface area contributed by atoms with Gasteiger partial charge in [-0.15, -0.1) is 0 Å². The van der Waals surface area contributed by atoms with Gasteiger partial charge in [-0.05, 0) is 24.0 Å². The van der Waals surface area contributed by atoms with Crippen molar-refractivity contribution in [2.75, 3.05) is 6.54 Å². The summed E-state index contributed by atoms with van der Waals surface area (Å²) in [6, 6.07) is 18.3. The highest BCUT2D eigenvalue weighted by Crippen LogP contribution is 2.30. The lowest BCUT2D eigenvalue weighted by molar-refractivity contribution is -0.713. The van der Waals surface area contributed by atoms with Crippen LogP contribution in [0, 0.1) is 5.92 Å². The summed E-state index contributed by atoms with van der Waals surface area (Å²) in [6.45, 7) is 6.18. The highest BCUT2D eigenvalue weighted by atomic mass is 16.2. The molecule has 2 aromatic rings. The zero-order valence-corrected chi connectivity index (χ0v) is 13.9. The number of quaternary nitrogens is 1. The van der Waals surface area contributed by atoms with E-state index in [0.717, 1.165) is 24.1 Å². The van der Waals surface area contributed by atoms with Gasteiger partial charge < -0.3 is 5.32 Å². The van der Waals surface area contributed by atoms with Crippen molar-refractivity contribution in [1.29, 1.82) is 0 Å². The fourth-order valence-electron chi connectivity index (χ4n) is 3.19. The van der Waals surface area contributed by atoms with E-state index in [1.165, 1.54) is 5.56 Å². The third-order valence-electron chi connectivity index (χ3n) is 4.44. The molecule has 0 unspecified atom stereocenters. The van der Waals surface area contributed by atoms with Crippen molar-refractivity contribution in [3.8, 4) is 0 Å². The number of amides is 1. The lowest BCUT2D eigenvalue weighted by Gasteiger charge is -2.24. The van der Waals surface area contributed by atoms with Crippen molar-refractivity contribution in [2.24, 2.45) is 5.92 Å². The van der Waals surface area contributed by atoms with E-state index in [0.29, 0.717) is 12.5 Å². The molecule has 0 fully saturated rings. The standard InChI is InChI=1S/C20H24N2O/c1-15(2)12-13-21-19-17-10-6-7-11-18(17)20(23)22(19)14-16-8-4-3-5-9-16/h3-11,15,19,21H,12-14H2,1-2H3/p+1/t19-/m1/s1. The predicted molar refractivity (Wildman–Crippen MR) is 91.7 cm³/mol. The minimum atomic E-state index is 0.0951. The van der Waals surface area contributed by atoms with Crippen LogP contribution >= 0.6 is 0 Å². The molecule has 3 heteroatoms. The number of nitrogens with two attached hydrogens (primary N) is 1. The Labute approximate surface area is 138 Å². The summed E-state index contributed by atoms with van der Waals surface area (Å²) in [5.41, 5.74) is 3.18. The minimum absolute atomic E-state index is 0.0951. The number of carbonyl (C=O) groups excluding carboxylic acids is 1. The largest absolute Gasteiger partial charge is 0.323 e. The van der Waals surface area contributed by atoms with Crippen LogP contribution in [-0.2, 0) is 6.54 Å². The van der Waals surface area contributed by atoms with Gasteiger partial charge in [0.1, 0.15) is 0 Å². The maximum Gasteiger partial charge on any atom is 0.259 e. The molecule has 2 aromatic carbocycles. The summed E-state index contributed by atoms with van der Waals surface area (Å²) in [5.74, 6) is 0.830. The first-order valence-electron chi connectivity index (χ1n) is 8.44. The normalized spacial score (nSPS) is 16.9. The van der Waals surface area contributed by atoms with E-state index in [-0.39, 0.29) is 12.1 Å². The molecule has 0 aromatic heterocycles. The molecular weight excluding hydrogens is 284 g/mol. The Hall–Kier alpha value is -2.13. The van der Waals surface area contributed by atoms with E-state index in [4.69, 9.17) is 0 Å². The van der Waals surface area contributed by atoms with Gasteiger partial charge in [-0.3, -0.25) is 9.69 Å². The molecule has 3 rings (SSSR count). The SMILES string of the molecule is CC(C)CC[NH2+][C@H]1c2ccccc2C(=O)N1Cc1ccccc1. The second kappa shape index (κ2) is 6.97. The zero-order valence-electron chi connectivity index (χ0n) is 13.9. The van der Waals surface area contributed by atoms with Crippen LogP contribution in [0.1, 0.15) is 47.9 Å². The van der Waals surface area contributed by atoms with Crippen molar-refractivity contribution in [1.82, 2.24) is 4.90 Å². The highest BCUT2D eigenvalue weighted by Gasteiger charge is 2.38. The number of benzene rings is 2. The van der Waals surface area contributed by atoms with Gasteiger partial charge >= 0.3 is 0 Å². The maximum atomic E-state index is 12.8. The Kier molecular flexibility index (Phi) is 4.77. The van der Waals surface area contributed by atoms with Crippen LogP contribution in [-0.4, -0.2) is 17.4 Å². The van der Waals surface area contributed by atoms with Crippen molar-refractivity contribution in [2.45, 2.75) is 33.0 Å². The molecule has 1 aliphatic rings. The summed E-state index contributed by atoms with van der Waals surface area (Å²) in [6.07, 6.45) is 1.25. The molecule has 0 saturated heterocycles. The number of fused-ring (bicyclic) bond motifs is 1. The molecule has 1 amide bonds.